The van der Waals surface area contributed by atoms with Crippen molar-refractivity contribution in [1.29, 1.82) is 0 Å². The van der Waals surface area contributed by atoms with Crippen LogP contribution in [0, 0.1) is 0 Å². The molecule has 1 fully saturated rings. The zero-order chi connectivity index (χ0) is 13.2. The maximum absolute atomic E-state index is 5.98. The number of likely N-dealkylation sites (tertiary alicyclic amines) is 1. The first-order valence-corrected chi connectivity index (χ1v) is 6.55. The number of hydrogen-bond donors (Lipinski definition) is 1. The number of pyridine rings is 1. The SMILES string of the molecule is COc1ccc(C(CN)N2CCCC2(C)C)cn1. The number of rotatable bonds is 4. The Hall–Kier alpha value is -1.13. The van der Waals surface area contributed by atoms with Crippen LogP contribution in [0.1, 0.15) is 38.3 Å². The molecule has 1 aliphatic heterocycles. The van der Waals surface area contributed by atoms with Crippen molar-refractivity contribution in [2.75, 3.05) is 20.2 Å². The van der Waals surface area contributed by atoms with Gasteiger partial charge in [-0.3, -0.25) is 4.90 Å². The van der Waals surface area contributed by atoms with Gasteiger partial charge in [0.15, 0.2) is 0 Å². The van der Waals surface area contributed by atoms with E-state index in [-0.39, 0.29) is 11.6 Å². The topological polar surface area (TPSA) is 51.4 Å². The standard InChI is InChI=1S/C14H23N3O/c1-14(2)7-4-8-17(14)12(9-15)11-5-6-13(18-3)16-10-11/h5-6,10,12H,4,7-9,15H2,1-3H3. The summed E-state index contributed by atoms with van der Waals surface area (Å²) in [6.07, 6.45) is 4.35. The summed E-state index contributed by atoms with van der Waals surface area (Å²) in [6.45, 7) is 6.32. The molecule has 0 amide bonds. The Morgan fingerprint density at radius 2 is 2.28 bits per heavy atom. The maximum Gasteiger partial charge on any atom is 0.212 e. The van der Waals surface area contributed by atoms with Crippen molar-refractivity contribution >= 4 is 0 Å². The number of nitrogens with zero attached hydrogens (tertiary/aromatic N) is 2. The van der Waals surface area contributed by atoms with E-state index in [2.05, 4.69) is 29.8 Å². The minimum absolute atomic E-state index is 0.226. The van der Waals surface area contributed by atoms with E-state index >= 15 is 0 Å². The second kappa shape index (κ2) is 5.24. The molecule has 0 aliphatic carbocycles. The van der Waals surface area contributed by atoms with E-state index in [9.17, 15) is 0 Å². The molecule has 1 aromatic rings. The molecular formula is C14H23N3O. The molecule has 1 aromatic heterocycles. The minimum Gasteiger partial charge on any atom is -0.481 e. The summed E-state index contributed by atoms with van der Waals surface area (Å²) in [4.78, 5) is 6.78. The van der Waals surface area contributed by atoms with E-state index < -0.39 is 0 Å². The molecule has 18 heavy (non-hydrogen) atoms. The van der Waals surface area contributed by atoms with Crippen LogP contribution >= 0.6 is 0 Å². The fourth-order valence-corrected chi connectivity index (χ4v) is 2.86. The van der Waals surface area contributed by atoms with Gasteiger partial charge < -0.3 is 10.5 Å². The molecule has 2 N–H and O–H groups in total. The Morgan fingerprint density at radius 3 is 2.72 bits per heavy atom. The fourth-order valence-electron chi connectivity index (χ4n) is 2.86. The Kier molecular flexibility index (Phi) is 3.88. The Bertz CT molecular complexity index is 389. The third-order valence-corrected chi connectivity index (χ3v) is 3.92. The number of methoxy groups -OCH3 is 1. The van der Waals surface area contributed by atoms with E-state index in [4.69, 9.17) is 10.5 Å². The van der Waals surface area contributed by atoms with Crippen molar-refractivity contribution in [2.24, 2.45) is 5.73 Å². The first kappa shape index (κ1) is 13.3. The van der Waals surface area contributed by atoms with Crippen LogP contribution in [0.2, 0.25) is 0 Å². The smallest absolute Gasteiger partial charge is 0.212 e. The lowest BCUT2D eigenvalue weighted by molar-refractivity contribution is 0.119. The normalized spacial score (nSPS) is 20.9. The Labute approximate surface area is 109 Å². The Balaban J connectivity index is 2.22. The molecule has 1 saturated heterocycles. The molecule has 1 unspecified atom stereocenters. The second-order valence-electron chi connectivity index (χ2n) is 5.49. The van der Waals surface area contributed by atoms with Crippen molar-refractivity contribution in [3.05, 3.63) is 23.9 Å². The molecular weight excluding hydrogens is 226 g/mol. The molecule has 0 spiro atoms. The first-order chi connectivity index (χ1) is 8.58. The summed E-state index contributed by atoms with van der Waals surface area (Å²) in [6, 6.07) is 4.22. The zero-order valence-electron chi connectivity index (χ0n) is 11.5. The summed E-state index contributed by atoms with van der Waals surface area (Å²) in [5.41, 5.74) is 7.38. The molecule has 1 atom stereocenters. The molecule has 0 aromatic carbocycles. The van der Waals surface area contributed by atoms with Crippen molar-refractivity contribution in [2.45, 2.75) is 38.3 Å². The van der Waals surface area contributed by atoms with E-state index in [1.54, 1.807) is 7.11 Å². The number of hydrogen-bond acceptors (Lipinski definition) is 4. The van der Waals surface area contributed by atoms with Crippen LogP contribution in [-0.2, 0) is 0 Å². The largest absolute Gasteiger partial charge is 0.481 e. The van der Waals surface area contributed by atoms with Crippen molar-refractivity contribution in [3.8, 4) is 5.88 Å². The molecule has 0 bridgehead atoms. The quantitative estimate of drug-likeness (QED) is 0.886. The van der Waals surface area contributed by atoms with Gasteiger partial charge in [-0.15, -0.1) is 0 Å². The van der Waals surface area contributed by atoms with Crippen LogP contribution in [0.4, 0.5) is 0 Å². The van der Waals surface area contributed by atoms with Gasteiger partial charge in [0.1, 0.15) is 0 Å². The molecule has 0 saturated carbocycles. The summed E-state index contributed by atoms with van der Waals surface area (Å²) < 4.78 is 5.09. The van der Waals surface area contributed by atoms with Crippen LogP contribution in [-0.4, -0.2) is 35.6 Å². The van der Waals surface area contributed by atoms with Gasteiger partial charge in [-0.05, 0) is 38.8 Å². The average molecular weight is 249 g/mol. The van der Waals surface area contributed by atoms with Gasteiger partial charge in [0, 0.05) is 30.4 Å². The first-order valence-electron chi connectivity index (χ1n) is 6.55. The molecule has 4 nitrogen and oxygen atoms in total. The van der Waals surface area contributed by atoms with E-state index in [1.807, 2.05) is 12.3 Å². The van der Waals surface area contributed by atoms with Crippen LogP contribution in [0.15, 0.2) is 18.3 Å². The number of aromatic nitrogens is 1. The lowest BCUT2D eigenvalue weighted by atomic mass is 9.98. The van der Waals surface area contributed by atoms with Gasteiger partial charge in [0.05, 0.1) is 7.11 Å². The van der Waals surface area contributed by atoms with Crippen molar-refractivity contribution in [1.82, 2.24) is 9.88 Å². The lowest BCUT2D eigenvalue weighted by Crippen LogP contribution is -2.43. The van der Waals surface area contributed by atoms with Gasteiger partial charge in [-0.1, -0.05) is 6.07 Å². The highest BCUT2D eigenvalue weighted by molar-refractivity contribution is 5.22. The van der Waals surface area contributed by atoms with Crippen LogP contribution in [0.3, 0.4) is 0 Å². The van der Waals surface area contributed by atoms with Crippen molar-refractivity contribution < 1.29 is 4.74 Å². The van der Waals surface area contributed by atoms with E-state index in [0.717, 1.165) is 6.54 Å². The summed E-state index contributed by atoms with van der Waals surface area (Å²) in [7, 11) is 1.63. The molecule has 1 aliphatic rings. The third-order valence-electron chi connectivity index (χ3n) is 3.92. The molecule has 2 rings (SSSR count). The lowest BCUT2D eigenvalue weighted by Gasteiger charge is -2.38. The summed E-state index contributed by atoms with van der Waals surface area (Å²) in [5.74, 6) is 0.648. The van der Waals surface area contributed by atoms with Gasteiger partial charge in [-0.2, -0.15) is 0 Å². The Morgan fingerprint density at radius 1 is 1.50 bits per heavy atom. The maximum atomic E-state index is 5.98. The second-order valence-corrected chi connectivity index (χ2v) is 5.49. The highest BCUT2D eigenvalue weighted by Gasteiger charge is 2.36. The summed E-state index contributed by atoms with van der Waals surface area (Å²) >= 11 is 0. The monoisotopic (exact) mass is 249 g/mol. The highest BCUT2D eigenvalue weighted by Crippen LogP contribution is 2.35. The van der Waals surface area contributed by atoms with Crippen LogP contribution in [0.25, 0.3) is 0 Å². The van der Waals surface area contributed by atoms with E-state index in [0.29, 0.717) is 12.4 Å². The zero-order valence-corrected chi connectivity index (χ0v) is 11.5. The molecule has 0 radical (unpaired) electrons. The predicted molar refractivity (Wildman–Crippen MR) is 72.6 cm³/mol. The number of ether oxygens (including phenoxy) is 1. The van der Waals surface area contributed by atoms with Crippen LogP contribution in [0.5, 0.6) is 5.88 Å². The molecule has 2 heterocycles. The molecule has 4 heteroatoms. The fraction of sp³-hybridized carbons (Fsp3) is 0.643. The van der Waals surface area contributed by atoms with Gasteiger partial charge in [-0.25, -0.2) is 4.98 Å². The van der Waals surface area contributed by atoms with Gasteiger partial charge in [0.25, 0.3) is 0 Å². The highest BCUT2D eigenvalue weighted by atomic mass is 16.5. The van der Waals surface area contributed by atoms with Crippen molar-refractivity contribution in [3.63, 3.8) is 0 Å². The number of nitrogens with two attached hydrogens (primary N) is 1. The van der Waals surface area contributed by atoms with Crippen LogP contribution < -0.4 is 10.5 Å². The van der Waals surface area contributed by atoms with Gasteiger partial charge in [0.2, 0.25) is 5.88 Å². The average Bonchev–Trinajstić information content (AvgIpc) is 2.71. The van der Waals surface area contributed by atoms with E-state index in [1.165, 1.54) is 18.4 Å². The summed E-state index contributed by atoms with van der Waals surface area (Å²) in [5, 5.41) is 0. The predicted octanol–water partition coefficient (Wildman–Crippen LogP) is 1.96. The molecule has 100 valence electrons. The third kappa shape index (κ3) is 2.49. The minimum atomic E-state index is 0.226. The van der Waals surface area contributed by atoms with Gasteiger partial charge >= 0.3 is 0 Å².